The van der Waals surface area contributed by atoms with E-state index in [0.29, 0.717) is 0 Å². The molecule has 72 valence electrons. The van der Waals surface area contributed by atoms with E-state index >= 15 is 0 Å². The summed E-state index contributed by atoms with van der Waals surface area (Å²) >= 11 is 0. The van der Waals surface area contributed by atoms with E-state index in [1.807, 2.05) is 12.2 Å². The van der Waals surface area contributed by atoms with Crippen LogP contribution in [0.15, 0.2) is 12.3 Å². The van der Waals surface area contributed by atoms with Gasteiger partial charge in [0.15, 0.2) is 0 Å². The van der Waals surface area contributed by atoms with Crippen LogP contribution in [0.1, 0.15) is 0 Å². The van der Waals surface area contributed by atoms with Crippen LogP contribution in [-0.2, 0) is 13.0 Å². The Hall–Kier alpha value is 0.0538. The van der Waals surface area contributed by atoms with Crippen LogP contribution in [0.5, 0.6) is 0 Å². The Morgan fingerprint density at radius 2 is 1.50 bits per heavy atom. The summed E-state index contributed by atoms with van der Waals surface area (Å²) in [5, 5.41) is 0. The molecule has 0 heterocycles. The molecule has 3 nitrogen and oxygen atoms in total. The predicted octanol–water partition coefficient (Wildman–Crippen LogP) is 1.79. The van der Waals surface area contributed by atoms with Gasteiger partial charge in [-0.15, -0.1) is 6.58 Å². The molecule has 0 rings (SSSR count). The average Bonchev–Trinajstić information content (AvgIpc) is 2.04. The molecule has 0 fully saturated rings. The molecule has 12 heavy (non-hydrogen) atoms. The molecule has 0 bridgehead atoms. The largest absolute Gasteiger partial charge is 0.486 e. The number of hydrogen-bond acceptors (Lipinski definition) is 3. The van der Waals surface area contributed by atoms with Gasteiger partial charge >= 0.3 is 8.80 Å². The summed E-state index contributed by atoms with van der Waals surface area (Å²) in [6, 6.07) is 0. The van der Waals surface area contributed by atoms with Crippen LogP contribution >= 0.6 is 0 Å². The van der Waals surface area contributed by atoms with Crippen LogP contribution in [0.3, 0.4) is 0 Å². The Labute approximate surface area is 76.8 Å². The second-order valence-corrected chi connectivity index (χ2v) is 10.2. The molecule has 0 aromatic carbocycles. The van der Waals surface area contributed by atoms with Gasteiger partial charge in [-0.05, 0) is 13.1 Å². The molecule has 0 unspecified atom stereocenters. The van der Waals surface area contributed by atoms with E-state index in [2.05, 4.69) is 19.7 Å². The minimum Gasteiger partial charge on any atom is -0.412 e. The lowest BCUT2D eigenvalue weighted by atomic mass is 11.3. The van der Waals surface area contributed by atoms with Crippen LogP contribution in [0.25, 0.3) is 0 Å². The molecule has 0 spiro atoms. The van der Waals surface area contributed by atoms with Gasteiger partial charge in [-0.1, -0.05) is 5.70 Å². The topological polar surface area (TPSA) is 27.7 Å². The first-order valence-electron chi connectivity index (χ1n) is 3.83. The van der Waals surface area contributed by atoms with Crippen molar-refractivity contribution in [1.29, 1.82) is 0 Å². The summed E-state index contributed by atoms with van der Waals surface area (Å²) in [5.41, 5.74) is 1.87. The van der Waals surface area contributed by atoms with E-state index in [4.69, 9.17) is 13.0 Å². The maximum Gasteiger partial charge on any atom is 0.486 e. The van der Waals surface area contributed by atoms with E-state index in [0.717, 1.165) is 0 Å². The quantitative estimate of drug-likeness (QED) is 0.642. The standard InChI is InChI=1S/C7H18O3Si2/c1-7-11(4,5)10-12(6,8-2)9-3/h7H,1H2,2-6H3. The number of hydrogen-bond donors (Lipinski definition) is 0. The Bertz CT molecular complexity index is 155. The first-order valence-corrected chi connectivity index (χ1v) is 9.04. The average molecular weight is 206 g/mol. The van der Waals surface area contributed by atoms with E-state index in [-0.39, 0.29) is 0 Å². The predicted molar refractivity (Wildman–Crippen MR) is 54.4 cm³/mol. The molecule has 0 aliphatic rings. The van der Waals surface area contributed by atoms with Gasteiger partial charge in [-0.25, -0.2) is 0 Å². The molecular formula is C7H18O3Si2. The van der Waals surface area contributed by atoms with Gasteiger partial charge in [-0.2, -0.15) is 0 Å². The van der Waals surface area contributed by atoms with E-state index in [9.17, 15) is 0 Å². The third-order valence-corrected chi connectivity index (χ3v) is 7.74. The molecule has 5 heteroatoms. The Morgan fingerprint density at radius 3 is 1.75 bits per heavy atom. The zero-order chi connectivity index (χ0) is 9.83. The van der Waals surface area contributed by atoms with Crippen LogP contribution in [0.2, 0.25) is 19.6 Å². The molecule has 0 saturated carbocycles. The lowest BCUT2D eigenvalue weighted by molar-refractivity contribution is 0.167. The van der Waals surface area contributed by atoms with Crippen molar-refractivity contribution in [3.63, 3.8) is 0 Å². The smallest absolute Gasteiger partial charge is 0.412 e. The Kier molecular flexibility index (Phi) is 4.35. The van der Waals surface area contributed by atoms with Crippen molar-refractivity contribution in [2.24, 2.45) is 0 Å². The molecule has 0 radical (unpaired) electrons. The highest BCUT2D eigenvalue weighted by molar-refractivity contribution is 6.83. The van der Waals surface area contributed by atoms with Crippen molar-refractivity contribution in [2.75, 3.05) is 14.2 Å². The molecule has 0 aliphatic carbocycles. The molecule has 0 amide bonds. The van der Waals surface area contributed by atoms with Crippen molar-refractivity contribution in [2.45, 2.75) is 19.6 Å². The lowest BCUT2D eigenvalue weighted by Gasteiger charge is -2.30. The van der Waals surface area contributed by atoms with Crippen molar-refractivity contribution >= 4 is 17.1 Å². The third kappa shape index (κ3) is 3.64. The highest BCUT2D eigenvalue weighted by Gasteiger charge is 2.38. The van der Waals surface area contributed by atoms with Crippen LogP contribution in [-0.4, -0.2) is 31.3 Å². The molecular weight excluding hydrogens is 188 g/mol. The second-order valence-electron chi connectivity index (χ2n) is 3.18. The Morgan fingerprint density at radius 1 is 1.08 bits per heavy atom. The van der Waals surface area contributed by atoms with Gasteiger partial charge < -0.3 is 13.0 Å². The fourth-order valence-corrected chi connectivity index (χ4v) is 5.68. The molecule has 0 aliphatic heterocycles. The highest BCUT2D eigenvalue weighted by Crippen LogP contribution is 2.15. The van der Waals surface area contributed by atoms with Crippen molar-refractivity contribution in [3.8, 4) is 0 Å². The maximum atomic E-state index is 5.79. The van der Waals surface area contributed by atoms with Gasteiger partial charge in [0.25, 0.3) is 0 Å². The summed E-state index contributed by atoms with van der Waals surface area (Å²) in [4.78, 5) is 0. The Balaban J connectivity index is 4.29. The molecule has 0 aromatic rings. The van der Waals surface area contributed by atoms with Gasteiger partial charge in [0, 0.05) is 20.8 Å². The first kappa shape index (κ1) is 12.1. The van der Waals surface area contributed by atoms with Crippen molar-refractivity contribution in [3.05, 3.63) is 12.3 Å². The summed E-state index contributed by atoms with van der Waals surface area (Å²) in [5.74, 6) is 0. The fourth-order valence-electron chi connectivity index (χ4n) is 0.686. The zero-order valence-corrected chi connectivity index (χ0v) is 10.5. The summed E-state index contributed by atoms with van der Waals surface area (Å²) in [7, 11) is -0.914. The SMILES string of the molecule is C=C[Si](C)(C)O[Si](C)(OC)OC. The summed E-state index contributed by atoms with van der Waals surface area (Å²) < 4.78 is 16.2. The van der Waals surface area contributed by atoms with Crippen LogP contribution < -0.4 is 0 Å². The van der Waals surface area contributed by atoms with Gasteiger partial charge in [-0.3, -0.25) is 0 Å². The minimum atomic E-state index is -2.36. The van der Waals surface area contributed by atoms with Crippen molar-refractivity contribution in [1.82, 2.24) is 0 Å². The highest BCUT2D eigenvalue weighted by atomic mass is 28.5. The molecule has 0 aromatic heterocycles. The first-order chi connectivity index (χ1) is 5.39. The normalized spacial score (nSPS) is 13.1. The van der Waals surface area contributed by atoms with Gasteiger partial charge in [0.1, 0.15) is 0 Å². The fraction of sp³-hybridized carbons (Fsp3) is 0.714. The zero-order valence-electron chi connectivity index (χ0n) is 8.51. The second kappa shape index (κ2) is 4.34. The van der Waals surface area contributed by atoms with E-state index < -0.39 is 17.1 Å². The molecule has 0 N–H and O–H groups in total. The lowest BCUT2D eigenvalue weighted by Crippen LogP contribution is -2.49. The summed E-state index contributed by atoms with van der Waals surface area (Å²) in [6.07, 6.45) is 0. The number of rotatable bonds is 5. The van der Waals surface area contributed by atoms with Crippen molar-refractivity contribution < 1.29 is 13.0 Å². The van der Waals surface area contributed by atoms with Gasteiger partial charge in [0.2, 0.25) is 8.32 Å². The van der Waals surface area contributed by atoms with Gasteiger partial charge in [0.05, 0.1) is 0 Å². The summed E-state index contributed by atoms with van der Waals surface area (Å²) in [6.45, 7) is 9.73. The van der Waals surface area contributed by atoms with E-state index in [1.54, 1.807) is 14.2 Å². The monoisotopic (exact) mass is 206 g/mol. The molecule has 0 atom stereocenters. The van der Waals surface area contributed by atoms with Crippen LogP contribution in [0.4, 0.5) is 0 Å². The minimum absolute atomic E-state index is 1.61. The third-order valence-electron chi connectivity index (χ3n) is 1.68. The van der Waals surface area contributed by atoms with Crippen LogP contribution in [0, 0.1) is 0 Å². The van der Waals surface area contributed by atoms with E-state index in [1.165, 1.54) is 0 Å². The molecule has 0 saturated heterocycles. The maximum absolute atomic E-state index is 5.79.